The zero-order chi connectivity index (χ0) is 24.2. The van der Waals surface area contributed by atoms with Gasteiger partial charge in [0.25, 0.3) is 0 Å². The number of ether oxygens (including phenoxy) is 1. The predicted molar refractivity (Wildman–Crippen MR) is 113 cm³/mol. The number of piperidine rings is 1. The van der Waals surface area contributed by atoms with Crippen LogP contribution in [0.1, 0.15) is 48.5 Å². The standard InChI is InChI=1S/C25H22F6NO/c1-17(2)6-15-23(19-9-13-21(14-10-19)33-25(29,30)31)32-16-4-3-5-22(32)18-7-11-20(12-8-18)24(26,27)28/h3,7-14,22-23H,1,4-5,16H2,2H3/t22-,23+/m1/s1. The lowest BCUT2D eigenvalue weighted by Crippen LogP contribution is -2.36. The highest BCUT2D eigenvalue weighted by Crippen LogP contribution is 2.39. The largest absolute Gasteiger partial charge is 0.573 e. The van der Waals surface area contributed by atoms with Crippen molar-refractivity contribution in [1.29, 1.82) is 0 Å². The first-order valence-corrected chi connectivity index (χ1v) is 10.2. The molecule has 2 atom stereocenters. The number of likely N-dealkylation sites (tertiary alicyclic amines) is 1. The minimum atomic E-state index is -4.79. The first-order valence-electron chi connectivity index (χ1n) is 10.2. The molecule has 0 aromatic heterocycles. The Balaban J connectivity index is 1.95. The molecule has 0 saturated carbocycles. The van der Waals surface area contributed by atoms with Gasteiger partial charge < -0.3 is 4.74 Å². The van der Waals surface area contributed by atoms with Gasteiger partial charge in [-0.25, -0.2) is 0 Å². The van der Waals surface area contributed by atoms with Crippen LogP contribution in [-0.2, 0) is 6.18 Å². The summed E-state index contributed by atoms with van der Waals surface area (Å²) in [5.74, 6) is 5.72. The van der Waals surface area contributed by atoms with E-state index >= 15 is 0 Å². The summed E-state index contributed by atoms with van der Waals surface area (Å²) in [4.78, 5) is 2.05. The third-order valence-electron chi connectivity index (χ3n) is 5.19. The Morgan fingerprint density at radius 3 is 2.21 bits per heavy atom. The van der Waals surface area contributed by atoms with Gasteiger partial charge in [-0.1, -0.05) is 42.7 Å². The van der Waals surface area contributed by atoms with Crippen molar-refractivity contribution < 1.29 is 31.1 Å². The second-order valence-corrected chi connectivity index (χ2v) is 7.76. The Hall–Kier alpha value is -2.92. The third-order valence-corrected chi connectivity index (χ3v) is 5.19. The highest BCUT2D eigenvalue weighted by molar-refractivity contribution is 5.37. The van der Waals surface area contributed by atoms with E-state index in [1.54, 1.807) is 6.92 Å². The molecule has 3 rings (SSSR count). The molecule has 0 amide bonds. The van der Waals surface area contributed by atoms with E-state index in [1.807, 2.05) is 0 Å². The van der Waals surface area contributed by atoms with Crippen molar-refractivity contribution >= 4 is 0 Å². The Morgan fingerprint density at radius 2 is 1.67 bits per heavy atom. The van der Waals surface area contributed by atoms with Crippen molar-refractivity contribution in [2.75, 3.05) is 6.54 Å². The van der Waals surface area contributed by atoms with E-state index in [0.29, 0.717) is 29.7 Å². The Kier molecular flexibility index (Phi) is 7.43. The second kappa shape index (κ2) is 9.92. The lowest BCUT2D eigenvalue weighted by Gasteiger charge is -2.39. The molecule has 2 nitrogen and oxygen atoms in total. The van der Waals surface area contributed by atoms with E-state index in [9.17, 15) is 26.3 Å². The van der Waals surface area contributed by atoms with Crippen molar-refractivity contribution in [2.45, 2.75) is 44.4 Å². The average molecular weight is 466 g/mol. The van der Waals surface area contributed by atoms with Gasteiger partial charge in [0.1, 0.15) is 5.75 Å². The SMILES string of the molecule is C=C(C)C#C[C@@H](c1ccc(OC(F)(F)F)cc1)N1CC[CH]C[C@@H]1c1ccc(C(F)(F)F)cc1. The van der Waals surface area contributed by atoms with Crippen molar-refractivity contribution in [2.24, 2.45) is 0 Å². The number of benzene rings is 2. The van der Waals surface area contributed by atoms with Crippen molar-refractivity contribution in [1.82, 2.24) is 4.90 Å². The highest BCUT2D eigenvalue weighted by Gasteiger charge is 2.34. The van der Waals surface area contributed by atoms with Gasteiger partial charge in [0.2, 0.25) is 0 Å². The molecule has 1 radical (unpaired) electrons. The zero-order valence-electron chi connectivity index (χ0n) is 17.8. The summed E-state index contributed by atoms with van der Waals surface area (Å²) < 4.78 is 80.4. The zero-order valence-corrected chi connectivity index (χ0v) is 17.8. The van der Waals surface area contributed by atoms with Gasteiger partial charge in [0.15, 0.2) is 0 Å². The van der Waals surface area contributed by atoms with Gasteiger partial charge in [0.05, 0.1) is 11.6 Å². The maximum atomic E-state index is 13.0. The van der Waals surface area contributed by atoms with E-state index < -0.39 is 24.1 Å². The molecular formula is C25H22F6NO. The highest BCUT2D eigenvalue weighted by atomic mass is 19.4. The van der Waals surface area contributed by atoms with Crippen molar-refractivity contribution in [3.8, 4) is 17.6 Å². The van der Waals surface area contributed by atoms with Gasteiger partial charge >= 0.3 is 12.5 Å². The first kappa shape index (κ1) is 24.7. The van der Waals surface area contributed by atoms with E-state index in [-0.39, 0.29) is 11.8 Å². The van der Waals surface area contributed by atoms with Crippen LogP contribution in [0.4, 0.5) is 26.3 Å². The molecule has 8 heteroatoms. The summed E-state index contributed by atoms with van der Waals surface area (Å²) >= 11 is 0. The summed E-state index contributed by atoms with van der Waals surface area (Å²) in [6.45, 7) is 6.10. The maximum Gasteiger partial charge on any atom is 0.573 e. The first-order chi connectivity index (χ1) is 15.4. The van der Waals surface area contributed by atoms with Crippen LogP contribution >= 0.6 is 0 Å². The second-order valence-electron chi connectivity index (χ2n) is 7.76. The molecule has 2 aromatic carbocycles. The van der Waals surface area contributed by atoms with Gasteiger partial charge in [-0.3, -0.25) is 4.90 Å². The summed E-state index contributed by atoms with van der Waals surface area (Å²) in [6, 6.07) is 9.77. The molecule has 0 spiro atoms. The smallest absolute Gasteiger partial charge is 0.406 e. The van der Waals surface area contributed by atoms with Crippen LogP contribution in [0.5, 0.6) is 5.75 Å². The topological polar surface area (TPSA) is 12.5 Å². The quantitative estimate of drug-likeness (QED) is 0.347. The van der Waals surface area contributed by atoms with Crippen LogP contribution < -0.4 is 4.74 Å². The summed E-state index contributed by atoms with van der Waals surface area (Å²) in [6.07, 6.45) is -5.80. The van der Waals surface area contributed by atoms with Crippen LogP contribution in [0.2, 0.25) is 0 Å². The fraction of sp³-hybridized carbons (Fsp3) is 0.320. The van der Waals surface area contributed by atoms with Crippen LogP contribution in [0.3, 0.4) is 0 Å². The van der Waals surface area contributed by atoms with Crippen molar-refractivity contribution in [3.63, 3.8) is 0 Å². The summed E-state index contributed by atoms with van der Waals surface area (Å²) in [7, 11) is 0. The number of rotatable bonds is 4. The number of allylic oxidation sites excluding steroid dienone is 1. The molecule has 1 aliphatic rings. The van der Waals surface area contributed by atoms with E-state index in [2.05, 4.69) is 34.5 Å². The molecule has 0 N–H and O–H groups in total. The molecule has 0 bridgehead atoms. The van der Waals surface area contributed by atoms with Crippen LogP contribution in [0, 0.1) is 18.3 Å². The lowest BCUT2D eigenvalue weighted by molar-refractivity contribution is -0.274. The molecule has 0 unspecified atom stereocenters. The van der Waals surface area contributed by atoms with Crippen LogP contribution in [-0.4, -0.2) is 17.8 Å². The number of hydrogen-bond donors (Lipinski definition) is 0. The maximum absolute atomic E-state index is 13.0. The van der Waals surface area contributed by atoms with E-state index in [4.69, 9.17) is 0 Å². The van der Waals surface area contributed by atoms with Gasteiger partial charge in [-0.05, 0) is 67.2 Å². The fourth-order valence-electron chi connectivity index (χ4n) is 3.74. The normalized spacial score (nSPS) is 18.2. The summed E-state index contributed by atoms with van der Waals surface area (Å²) in [5, 5.41) is 0. The number of hydrogen-bond acceptors (Lipinski definition) is 2. The molecule has 1 fully saturated rings. The Morgan fingerprint density at radius 1 is 1.03 bits per heavy atom. The minimum absolute atomic E-state index is 0.239. The number of alkyl halides is 6. The molecule has 175 valence electrons. The average Bonchev–Trinajstić information content (AvgIpc) is 2.73. The monoisotopic (exact) mass is 466 g/mol. The summed E-state index contributed by atoms with van der Waals surface area (Å²) in [5.41, 5.74) is 1.25. The number of nitrogens with zero attached hydrogens (tertiary/aromatic N) is 1. The van der Waals surface area contributed by atoms with E-state index in [0.717, 1.165) is 18.6 Å². The molecule has 0 aliphatic carbocycles. The molecular weight excluding hydrogens is 444 g/mol. The fourth-order valence-corrected chi connectivity index (χ4v) is 3.74. The molecule has 1 aliphatic heterocycles. The predicted octanol–water partition coefficient (Wildman–Crippen LogP) is 7.27. The van der Waals surface area contributed by atoms with Crippen LogP contribution in [0.15, 0.2) is 60.7 Å². The molecule has 2 aromatic rings. The van der Waals surface area contributed by atoms with Crippen LogP contribution in [0.25, 0.3) is 0 Å². The van der Waals surface area contributed by atoms with Gasteiger partial charge in [0, 0.05) is 12.6 Å². The third kappa shape index (κ3) is 6.78. The lowest BCUT2D eigenvalue weighted by atomic mass is 9.91. The van der Waals surface area contributed by atoms with Crippen molar-refractivity contribution in [3.05, 3.63) is 83.8 Å². The Labute approximate surface area is 188 Å². The Bertz CT molecular complexity index is 1010. The molecule has 33 heavy (non-hydrogen) atoms. The number of halogens is 6. The van der Waals surface area contributed by atoms with Gasteiger partial charge in [-0.15, -0.1) is 13.2 Å². The van der Waals surface area contributed by atoms with Gasteiger partial charge in [-0.2, -0.15) is 13.2 Å². The minimum Gasteiger partial charge on any atom is -0.406 e. The molecule has 1 heterocycles. The van der Waals surface area contributed by atoms with E-state index in [1.165, 1.54) is 36.4 Å². The molecule has 1 saturated heterocycles.